The van der Waals surface area contributed by atoms with Crippen LogP contribution in [-0.4, -0.2) is 22.6 Å². The third-order valence-corrected chi connectivity index (χ3v) is 4.19. The molecule has 0 bridgehead atoms. The summed E-state index contributed by atoms with van der Waals surface area (Å²) >= 11 is 0. The number of rotatable bonds is 4. The van der Waals surface area contributed by atoms with Gasteiger partial charge in [0.1, 0.15) is 5.60 Å². The van der Waals surface area contributed by atoms with Gasteiger partial charge < -0.3 is 10.1 Å². The predicted molar refractivity (Wildman–Crippen MR) is 119 cm³/mol. The molecule has 30 heavy (non-hydrogen) atoms. The quantitative estimate of drug-likeness (QED) is 0.589. The number of benzene rings is 2. The van der Waals surface area contributed by atoms with E-state index in [0.717, 1.165) is 11.3 Å². The number of pyridine rings is 1. The highest BCUT2D eigenvalue weighted by molar-refractivity contribution is 6.05. The molecule has 0 saturated heterocycles. The van der Waals surface area contributed by atoms with E-state index in [2.05, 4.69) is 15.6 Å². The van der Waals surface area contributed by atoms with Crippen molar-refractivity contribution >= 4 is 23.4 Å². The number of carbonyl (C=O) groups excluding carboxylic acids is 2. The molecule has 3 aromatic rings. The monoisotopic (exact) mass is 403 g/mol. The normalized spacial score (nSPS) is 10.9. The molecule has 3 rings (SSSR count). The first-order valence-corrected chi connectivity index (χ1v) is 9.66. The molecule has 0 aliphatic carbocycles. The SMILES string of the molecule is Cc1nc(-c2ccccc2)ccc1C(=O)Nc1ccc(NC(=O)OC(C)(C)C)cc1. The average molecular weight is 403 g/mol. The summed E-state index contributed by atoms with van der Waals surface area (Å²) in [6.07, 6.45) is -0.528. The Kier molecular flexibility index (Phi) is 6.16. The van der Waals surface area contributed by atoms with Crippen molar-refractivity contribution in [3.8, 4) is 11.3 Å². The maximum atomic E-state index is 12.7. The number of amides is 2. The number of nitrogens with zero attached hydrogens (tertiary/aromatic N) is 1. The molecule has 0 atom stereocenters. The first kappa shape index (κ1) is 21.0. The Hall–Kier alpha value is -3.67. The van der Waals surface area contributed by atoms with Crippen LogP contribution in [0.2, 0.25) is 0 Å². The molecule has 1 aromatic heterocycles. The van der Waals surface area contributed by atoms with E-state index in [-0.39, 0.29) is 5.91 Å². The zero-order valence-corrected chi connectivity index (χ0v) is 17.5. The van der Waals surface area contributed by atoms with E-state index >= 15 is 0 Å². The third-order valence-electron chi connectivity index (χ3n) is 4.19. The molecule has 0 radical (unpaired) electrons. The van der Waals surface area contributed by atoms with E-state index in [9.17, 15) is 9.59 Å². The second-order valence-electron chi connectivity index (χ2n) is 7.85. The zero-order chi connectivity index (χ0) is 21.7. The molecule has 6 nitrogen and oxygen atoms in total. The van der Waals surface area contributed by atoms with Gasteiger partial charge in [0.25, 0.3) is 5.91 Å². The highest BCUT2D eigenvalue weighted by Crippen LogP contribution is 2.20. The summed E-state index contributed by atoms with van der Waals surface area (Å²) in [6, 6.07) is 20.3. The summed E-state index contributed by atoms with van der Waals surface area (Å²) in [5.74, 6) is -0.243. The van der Waals surface area contributed by atoms with Crippen LogP contribution in [0.1, 0.15) is 36.8 Å². The van der Waals surface area contributed by atoms with E-state index in [4.69, 9.17) is 4.74 Å². The number of carbonyl (C=O) groups is 2. The first-order chi connectivity index (χ1) is 14.2. The van der Waals surface area contributed by atoms with Crippen LogP contribution in [0.5, 0.6) is 0 Å². The van der Waals surface area contributed by atoms with Gasteiger partial charge in [0.15, 0.2) is 0 Å². The standard InChI is InChI=1S/C24H25N3O3/c1-16-20(14-15-21(25-16)17-8-6-5-7-9-17)22(28)26-18-10-12-19(13-11-18)27-23(29)30-24(2,3)4/h5-15H,1-4H3,(H,26,28)(H,27,29). The van der Waals surface area contributed by atoms with Crippen molar-refractivity contribution in [3.63, 3.8) is 0 Å². The Bertz CT molecular complexity index is 1040. The molecule has 2 N–H and O–H groups in total. The summed E-state index contributed by atoms with van der Waals surface area (Å²) in [4.78, 5) is 29.1. The van der Waals surface area contributed by atoms with Gasteiger partial charge in [0, 0.05) is 16.9 Å². The Morgan fingerprint density at radius 2 is 1.43 bits per heavy atom. The van der Waals surface area contributed by atoms with Crippen molar-refractivity contribution in [1.82, 2.24) is 4.98 Å². The minimum absolute atomic E-state index is 0.243. The fourth-order valence-electron chi connectivity index (χ4n) is 2.83. The van der Waals surface area contributed by atoms with Gasteiger partial charge >= 0.3 is 6.09 Å². The van der Waals surface area contributed by atoms with Gasteiger partial charge in [0.2, 0.25) is 0 Å². The smallest absolute Gasteiger partial charge is 0.412 e. The maximum absolute atomic E-state index is 12.7. The van der Waals surface area contributed by atoms with Crippen LogP contribution in [-0.2, 0) is 4.74 Å². The van der Waals surface area contributed by atoms with Crippen LogP contribution < -0.4 is 10.6 Å². The molecule has 154 valence electrons. The van der Waals surface area contributed by atoms with E-state index < -0.39 is 11.7 Å². The van der Waals surface area contributed by atoms with Gasteiger partial charge in [-0.25, -0.2) is 4.79 Å². The lowest BCUT2D eigenvalue weighted by Crippen LogP contribution is -2.27. The fourth-order valence-corrected chi connectivity index (χ4v) is 2.83. The molecule has 2 amide bonds. The Balaban J connectivity index is 1.65. The minimum Gasteiger partial charge on any atom is -0.444 e. The molecule has 0 aliphatic rings. The lowest BCUT2D eigenvalue weighted by Gasteiger charge is -2.19. The summed E-state index contributed by atoms with van der Waals surface area (Å²) < 4.78 is 5.22. The van der Waals surface area contributed by atoms with E-state index in [1.54, 1.807) is 51.1 Å². The maximum Gasteiger partial charge on any atom is 0.412 e. The number of hydrogen-bond donors (Lipinski definition) is 2. The number of aromatic nitrogens is 1. The van der Waals surface area contributed by atoms with E-state index in [1.807, 2.05) is 43.3 Å². The molecular weight excluding hydrogens is 378 g/mol. The van der Waals surface area contributed by atoms with Gasteiger partial charge in [-0.05, 0) is 64.1 Å². The number of aryl methyl sites for hydroxylation is 1. The van der Waals surface area contributed by atoms with Crippen molar-refractivity contribution in [2.45, 2.75) is 33.3 Å². The Labute approximate surface area is 176 Å². The van der Waals surface area contributed by atoms with Crippen LogP contribution in [0.4, 0.5) is 16.2 Å². The van der Waals surface area contributed by atoms with Gasteiger partial charge in [0.05, 0.1) is 17.0 Å². The van der Waals surface area contributed by atoms with Gasteiger partial charge in [-0.3, -0.25) is 15.1 Å². The van der Waals surface area contributed by atoms with Crippen molar-refractivity contribution in [1.29, 1.82) is 0 Å². The van der Waals surface area contributed by atoms with E-state index in [1.165, 1.54) is 0 Å². The molecule has 2 aromatic carbocycles. The second kappa shape index (κ2) is 8.78. The van der Waals surface area contributed by atoms with Crippen molar-refractivity contribution in [2.75, 3.05) is 10.6 Å². The number of nitrogens with one attached hydrogen (secondary N) is 2. The first-order valence-electron chi connectivity index (χ1n) is 9.66. The van der Waals surface area contributed by atoms with Crippen molar-refractivity contribution in [2.24, 2.45) is 0 Å². The zero-order valence-electron chi connectivity index (χ0n) is 17.5. The molecule has 0 aliphatic heterocycles. The lowest BCUT2D eigenvalue weighted by atomic mass is 10.1. The van der Waals surface area contributed by atoms with Crippen molar-refractivity contribution < 1.29 is 14.3 Å². The summed E-state index contributed by atoms with van der Waals surface area (Å²) in [6.45, 7) is 7.21. The van der Waals surface area contributed by atoms with Crippen LogP contribution >= 0.6 is 0 Å². The van der Waals surface area contributed by atoms with Crippen LogP contribution in [0.25, 0.3) is 11.3 Å². The van der Waals surface area contributed by atoms with Crippen LogP contribution in [0.3, 0.4) is 0 Å². The molecule has 6 heteroatoms. The number of anilines is 2. The highest BCUT2D eigenvalue weighted by Gasteiger charge is 2.16. The summed E-state index contributed by atoms with van der Waals surface area (Å²) in [5, 5.41) is 5.51. The molecule has 0 spiro atoms. The topological polar surface area (TPSA) is 80.3 Å². The molecular formula is C24H25N3O3. The average Bonchev–Trinajstić information content (AvgIpc) is 2.68. The third kappa shape index (κ3) is 5.67. The largest absolute Gasteiger partial charge is 0.444 e. The van der Waals surface area contributed by atoms with Crippen LogP contribution in [0.15, 0.2) is 66.7 Å². The summed E-state index contributed by atoms with van der Waals surface area (Å²) in [7, 11) is 0. The number of hydrogen-bond acceptors (Lipinski definition) is 4. The summed E-state index contributed by atoms with van der Waals surface area (Å²) in [5.41, 5.74) is 3.60. The van der Waals surface area contributed by atoms with Crippen LogP contribution in [0, 0.1) is 6.92 Å². The highest BCUT2D eigenvalue weighted by atomic mass is 16.6. The minimum atomic E-state index is -0.569. The number of ether oxygens (including phenoxy) is 1. The lowest BCUT2D eigenvalue weighted by molar-refractivity contribution is 0.0635. The molecule has 0 saturated carbocycles. The second-order valence-corrected chi connectivity index (χ2v) is 7.85. The van der Waals surface area contributed by atoms with Gasteiger partial charge in [-0.15, -0.1) is 0 Å². The van der Waals surface area contributed by atoms with Gasteiger partial charge in [-0.1, -0.05) is 30.3 Å². The Morgan fingerprint density at radius 1 is 0.833 bits per heavy atom. The predicted octanol–water partition coefficient (Wildman–Crippen LogP) is 5.66. The van der Waals surface area contributed by atoms with Gasteiger partial charge in [-0.2, -0.15) is 0 Å². The molecule has 0 unspecified atom stereocenters. The molecule has 1 heterocycles. The van der Waals surface area contributed by atoms with Crippen molar-refractivity contribution in [3.05, 3.63) is 78.0 Å². The fraction of sp³-hybridized carbons (Fsp3) is 0.208. The Morgan fingerprint density at radius 3 is 2.00 bits per heavy atom. The molecule has 0 fully saturated rings. The van der Waals surface area contributed by atoms with E-state index in [0.29, 0.717) is 22.6 Å².